The third kappa shape index (κ3) is 7.28. The lowest BCUT2D eigenvalue weighted by molar-refractivity contribution is -0.139. The molecule has 0 saturated heterocycles. The number of hydrogen-bond acceptors (Lipinski definition) is 2. The highest BCUT2D eigenvalue weighted by atomic mass is 79.9. The summed E-state index contributed by atoms with van der Waals surface area (Å²) in [5.74, 6) is -0.825. The van der Waals surface area contributed by atoms with Crippen molar-refractivity contribution in [3.63, 3.8) is 0 Å². The van der Waals surface area contributed by atoms with Gasteiger partial charge in [0, 0.05) is 4.48 Å². The molecule has 0 rings (SSSR count). The summed E-state index contributed by atoms with van der Waals surface area (Å²) < 4.78 is 0.624. The van der Waals surface area contributed by atoms with Gasteiger partial charge >= 0.3 is 12.0 Å². The van der Waals surface area contributed by atoms with Crippen molar-refractivity contribution in [2.24, 2.45) is 5.92 Å². The van der Waals surface area contributed by atoms with Gasteiger partial charge in [-0.25, -0.2) is 9.59 Å². The number of amides is 2. The van der Waals surface area contributed by atoms with Gasteiger partial charge in [-0.05, 0) is 12.3 Å². The van der Waals surface area contributed by atoms with Crippen molar-refractivity contribution in [3.8, 4) is 0 Å². The molecular formula is C10H17BrN2O3. The average Bonchev–Trinajstić information content (AvgIpc) is 2.12. The summed E-state index contributed by atoms with van der Waals surface area (Å²) in [6.45, 7) is 7.61. The molecule has 0 radical (unpaired) electrons. The molecule has 0 aromatic carbocycles. The van der Waals surface area contributed by atoms with Crippen LogP contribution in [-0.4, -0.2) is 29.7 Å². The Morgan fingerprint density at radius 1 is 1.44 bits per heavy atom. The molecule has 0 heterocycles. The summed E-state index contributed by atoms with van der Waals surface area (Å²) in [6.07, 6.45) is 0.401. The molecule has 0 fully saturated rings. The monoisotopic (exact) mass is 292 g/mol. The fourth-order valence-electron chi connectivity index (χ4n) is 1.08. The largest absolute Gasteiger partial charge is 0.480 e. The minimum atomic E-state index is -1.03. The lowest BCUT2D eigenvalue weighted by atomic mass is 10.0. The highest BCUT2D eigenvalue weighted by molar-refractivity contribution is 9.11. The maximum Gasteiger partial charge on any atom is 0.326 e. The molecule has 0 bridgehead atoms. The van der Waals surface area contributed by atoms with Crippen LogP contribution in [0.3, 0.4) is 0 Å². The molecule has 16 heavy (non-hydrogen) atoms. The highest BCUT2D eigenvalue weighted by Gasteiger charge is 2.20. The molecule has 2 amide bonds. The lowest BCUT2D eigenvalue weighted by Gasteiger charge is -2.16. The van der Waals surface area contributed by atoms with E-state index in [2.05, 4.69) is 33.1 Å². The van der Waals surface area contributed by atoms with Crippen LogP contribution in [0.2, 0.25) is 0 Å². The zero-order valence-corrected chi connectivity index (χ0v) is 11.0. The zero-order chi connectivity index (χ0) is 12.7. The normalized spacial score (nSPS) is 12.0. The molecule has 1 atom stereocenters. The van der Waals surface area contributed by atoms with Gasteiger partial charge in [0.25, 0.3) is 0 Å². The molecule has 6 heteroatoms. The van der Waals surface area contributed by atoms with Crippen molar-refractivity contribution in [1.82, 2.24) is 10.6 Å². The molecule has 3 N–H and O–H groups in total. The number of nitrogens with one attached hydrogen (secondary N) is 2. The first-order valence-electron chi connectivity index (χ1n) is 4.93. The second-order valence-corrected chi connectivity index (χ2v) is 4.99. The number of aliphatic carboxylic acids is 1. The second kappa shape index (κ2) is 7.27. The van der Waals surface area contributed by atoms with Crippen molar-refractivity contribution in [3.05, 3.63) is 11.1 Å². The van der Waals surface area contributed by atoms with E-state index in [1.165, 1.54) is 0 Å². The van der Waals surface area contributed by atoms with Gasteiger partial charge in [-0.1, -0.05) is 36.4 Å². The van der Waals surface area contributed by atoms with E-state index in [0.29, 0.717) is 10.9 Å². The van der Waals surface area contributed by atoms with E-state index < -0.39 is 18.0 Å². The smallest absolute Gasteiger partial charge is 0.326 e. The highest BCUT2D eigenvalue weighted by Crippen LogP contribution is 2.04. The molecular weight excluding hydrogens is 276 g/mol. The standard InChI is InChI=1S/C10H17BrN2O3/c1-6(2)4-8(9(14)15)13-10(16)12-5-7(3)11/h6,8H,3-5H2,1-2H3,(H,14,15)(H2,12,13,16)/t8-/m1/s1. The number of hydrogen-bond donors (Lipinski definition) is 3. The van der Waals surface area contributed by atoms with Gasteiger partial charge < -0.3 is 15.7 Å². The van der Waals surface area contributed by atoms with Crippen LogP contribution in [0.4, 0.5) is 4.79 Å². The summed E-state index contributed by atoms with van der Waals surface area (Å²) in [4.78, 5) is 22.1. The Bertz CT molecular complexity index is 279. The van der Waals surface area contributed by atoms with Gasteiger partial charge in [-0.15, -0.1) is 0 Å². The topological polar surface area (TPSA) is 78.4 Å². The van der Waals surface area contributed by atoms with Crippen LogP contribution in [-0.2, 0) is 4.79 Å². The van der Waals surface area contributed by atoms with E-state index in [9.17, 15) is 9.59 Å². The van der Waals surface area contributed by atoms with Crippen LogP contribution in [0.25, 0.3) is 0 Å². The average molecular weight is 293 g/mol. The number of rotatable bonds is 6. The maximum atomic E-state index is 11.3. The number of urea groups is 1. The molecule has 0 aromatic heterocycles. The Kier molecular flexibility index (Phi) is 6.80. The summed E-state index contributed by atoms with van der Waals surface area (Å²) in [5, 5.41) is 13.8. The first kappa shape index (κ1) is 15.0. The van der Waals surface area contributed by atoms with E-state index in [1.807, 2.05) is 13.8 Å². The summed E-state index contributed by atoms with van der Waals surface area (Å²) in [6, 6.07) is -1.36. The third-order valence-corrected chi connectivity index (χ3v) is 2.03. The minimum Gasteiger partial charge on any atom is -0.480 e. The van der Waals surface area contributed by atoms with Crippen LogP contribution in [0.5, 0.6) is 0 Å². The fourth-order valence-corrected chi connectivity index (χ4v) is 1.22. The zero-order valence-electron chi connectivity index (χ0n) is 9.42. The fraction of sp³-hybridized carbons (Fsp3) is 0.600. The molecule has 0 spiro atoms. The van der Waals surface area contributed by atoms with E-state index in [1.54, 1.807) is 0 Å². The van der Waals surface area contributed by atoms with E-state index >= 15 is 0 Å². The molecule has 0 unspecified atom stereocenters. The van der Waals surface area contributed by atoms with Crippen molar-refractivity contribution >= 4 is 27.9 Å². The number of carboxylic acids is 1. The van der Waals surface area contributed by atoms with Crippen LogP contribution >= 0.6 is 15.9 Å². The molecule has 0 aliphatic carbocycles. The Labute approximate surface area is 103 Å². The summed E-state index contributed by atoms with van der Waals surface area (Å²) in [5.41, 5.74) is 0. The van der Waals surface area contributed by atoms with Crippen LogP contribution in [0.15, 0.2) is 11.1 Å². The third-order valence-electron chi connectivity index (χ3n) is 1.75. The molecule has 0 aliphatic heterocycles. The predicted molar refractivity (Wildman–Crippen MR) is 65.5 cm³/mol. The number of carbonyl (C=O) groups is 2. The summed E-state index contributed by atoms with van der Waals surface area (Å²) in [7, 11) is 0. The van der Waals surface area contributed by atoms with Gasteiger partial charge in [0.15, 0.2) is 0 Å². The van der Waals surface area contributed by atoms with Crippen molar-refractivity contribution < 1.29 is 14.7 Å². The number of carbonyl (C=O) groups excluding carboxylic acids is 1. The van der Waals surface area contributed by atoms with Crippen molar-refractivity contribution in [1.29, 1.82) is 0 Å². The number of halogens is 1. The van der Waals surface area contributed by atoms with E-state index in [0.717, 1.165) is 0 Å². The predicted octanol–water partition coefficient (Wildman–Crippen LogP) is 1.69. The first-order valence-corrected chi connectivity index (χ1v) is 5.72. The SMILES string of the molecule is C=C(Br)CNC(=O)N[C@H](CC(C)C)C(=O)O. The first-order chi connectivity index (χ1) is 7.32. The Morgan fingerprint density at radius 2 is 2.00 bits per heavy atom. The molecule has 5 nitrogen and oxygen atoms in total. The van der Waals surface area contributed by atoms with Crippen LogP contribution in [0.1, 0.15) is 20.3 Å². The van der Waals surface area contributed by atoms with Crippen LogP contribution in [0, 0.1) is 5.92 Å². The summed E-state index contributed by atoms with van der Waals surface area (Å²) >= 11 is 3.09. The van der Waals surface area contributed by atoms with Crippen LogP contribution < -0.4 is 10.6 Å². The van der Waals surface area contributed by atoms with E-state index in [4.69, 9.17) is 5.11 Å². The van der Waals surface area contributed by atoms with E-state index in [-0.39, 0.29) is 12.5 Å². The Balaban J connectivity index is 4.13. The van der Waals surface area contributed by atoms with Gasteiger partial charge in [-0.2, -0.15) is 0 Å². The molecule has 92 valence electrons. The van der Waals surface area contributed by atoms with Crippen molar-refractivity contribution in [2.75, 3.05) is 6.54 Å². The van der Waals surface area contributed by atoms with Crippen molar-refractivity contribution in [2.45, 2.75) is 26.3 Å². The quantitative estimate of drug-likeness (QED) is 0.697. The maximum absolute atomic E-state index is 11.3. The minimum absolute atomic E-state index is 0.201. The lowest BCUT2D eigenvalue weighted by Crippen LogP contribution is -2.46. The van der Waals surface area contributed by atoms with Gasteiger partial charge in [0.2, 0.25) is 0 Å². The van der Waals surface area contributed by atoms with Gasteiger partial charge in [0.1, 0.15) is 6.04 Å². The van der Waals surface area contributed by atoms with Gasteiger partial charge in [0.05, 0.1) is 6.54 Å². The molecule has 0 aliphatic rings. The van der Waals surface area contributed by atoms with Gasteiger partial charge in [-0.3, -0.25) is 0 Å². The molecule has 0 aromatic rings. The number of carboxylic acid groups (broad SMARTS) is 1. The Hall–Kier alpha value is -1.04. The second-order valence-electron chi connectivity index (χ2n) is 3.86. The Morgan fingerprint density at radius 3 is 2.38 bits per heavy atom. The molecule has 0 saturated carbocycles.